The number of aryl methyl sites for hydroxylation is 2. The highest BCUT2D eigenvalue weighted by Crippen LogP contribution is 2.42. The summed E-state index contributed by atoms with van der Waals surface area (Å²) in [7, 11) is 0. The molecule has 0 unspecified atom stereocenters. The van der Waals surface area contributed by atoms with Gasteiger partial charge in [-0.25, -0.2) is 0 Å². The molecule has 0 heterocycles. The van der Waals surface area contributed by atoms with Gasteiger partial charge in [0.15, 0.2) is 0 Å². The Balaban J connectivity index is 1.47. The zero-order valence-electron chi connectivity index (χ0n) is 22.9. The fourth-order valence-electron chi connectivity index (χ4n) is 5.27. The van der Waals surface area contributed by atoms with Crippen LogP contribution in [-0.4, -0.2) is 0 Å². The average molecular weight is 517 g/mol. The van der Waals surface area contributed by atoms with E-state index in [2.05, 4.69) is 181 Å². The van der Waals surface area contributed by atoms with E-state index in [-0.39, 0.29) is 0 Å². The van der Waals surface area contributed by atoms with Crippen LogP contribution in [0.4, 0.5) is 34.1 Å². The third kappa shape index (κ3) is 5.25. The second-order valence-corrected chi connectivity index (χ2v) is 10.1. The minimum absolute atomic E-state index is 1.10. The van der Waals surface area contributed by atoms with Gasteiger partial charge in [0.1, 0.15) is 0 Å². The number of hydrogen-bond donors (Lipinski definition) is 0. The smallest absolute Gasteiger partial charge is 0.0540 e. The number of benzene rings is 6. The summed E-state index contributed by atoms with van der Waals surface area (Å²) in [5.74, 6) is 0. The Bertz CT molecular complexity index is 1660. The highest BCUT2D eigenvalue weighted by molar-refractivity contribution is 5.88. The van der Waals surface area contributed by atoms with Gasteiger partial charge in [-0.2, -0.15) is 0 Å². The van der Waals surface area contributed by atoms with E-state index in [1.807, 2.05) is 0 Å². The van der Waals surface area contributed by atoms with Crippen molar-refractivity contribution in [2.45, 2.75) is 13.8 Å². The Morgan fingerprint density at radius 2 is 0.800 bits per heavy atom. The normalized spacial score (nSPS) is 10.8. The molecular formula is C38H32N2. The quantitative estimate of drug-likeness (QED) is 0.208. The molecule has 0 fully saturated rings. The molecule has 0 N–H and O–H groups in total. The maximum atomic E-state index is 2.34. The van der Waals surface area contributed by atoms with E-state index < -0.39 is 0 Å². The highest BCUT2D eigenvalue weighted by atomic mass is 15.2. The third-order valence-electron chi connectivity index (χ3n) is 7.13. The maximum Gasteiger partial charge on any atom is 0.0540 e. The molecule has 0 spiro atoms. The largest absolute Gasteiger partial charge is 0.310 e. The van der Waals surface area contributed by atoms with Crippen molar-refractivity contribution in [3.63, 3.8) is 0 Å². The minimum Gasteiger partial charge on any atom is -0.310 e. The molecular weight excluding hydrogens is 484 g/mol. The van der Waals surface area contributed by atoms with Crippen molar-refractivity contribution in [1.82, 2.24) is 0 Å². The van der Waals surface area contributed by atoms with E-state index in [9.17, 15) is 0 Å². The Kier molecular flexibility index (Phi) is 7.15. The van der Waals surface area contributed by atoms with E-state index >= 15 is 0 Å². The van der Waals surface area contributed by atoms with Crippen LogP contribution < -0.4 is 9.80 Å². The summed E-state index contributed by atoms with van der Waals surface area (Å²) in [5, 5.41) is 0. The Morgan fingerprint density at radius 3 is 1.38 bits per heavy atom. The van der Waals surface area contributed by atoms with Crippen LogP contribution in [0.3, 0.4) is 0 Å². The van der Waals surface area contributed by atoms with E-state index in [1.165, 1.54) is 22.3 Å². The van der Waals surface area contributed by atoms with Gasteiger partial charge in [-0.15, -0.1) is 0 Å². The van der Waals surface area contributed by atoms with Gasteiger partial charge < -0.3 is 9.80 Å². The lowest BCUT2D eigenvalue weighted by atomic mass is 10.0. The molecule has 0 aliphatic rings. The Hall–Kier alpha value is -5.08. The van der Waals surface area contributed by atoms with Crippen LogP contribution in [-0.2, 0) is 0 Å². The molecule has 0 aliphatic carbocycles. The van der Waals surface area contributed by atoms with Gasteiger partial charge in [0.2, 0.25) is 0 Å². The van der Waals surface area contributed by atoms with E-state index in [4.69, 9.17) is 0 Å². The second kappa shape index (κ2) is 11.3. The fourth-order valence-corrected chi connectivity index (χ4v) is 5.27. The summed E-state index contributed by atoms with van der Waals surface area (Å²) >= 11 is 0. The van der Waals surface area contributed by atoms with Crippen molar-refractivity contribution >= 4 is 34.1 Å². The predicted octanol–water partition coefficient (Wildman–Crippen LogP) is 10.9. The van der Waals surface area contributed by atoms with E-state index in [0.29, 0.717) is 0 Å². The number of nitrogens with zero attached hydrogens (tertiary/aromatic N) is 2. The van der Waals surface area contributed by atoms with Crippen molar-refractivity contribution in [2.75, 3.05) is 9.80 Å². The summed E-state index contributed by atoms with van der Waals surface area (Å²) in [6, 6.07) is 56.1. The van der Waals surface area contributed by atoms with Crippen LogP contribution in [0.2, 0.25) is 0 Å². The SMILES string of the molecule is Cc1cccc(N(c2ccc(N(c3ccccc3)c3ccccc3-c3ccccc3)cc2)c2cccc(C)c2)c1. The topological polar surface area (TPSA) is 6.48 Å². The van der Waals surface area contributed by atoms with Gasteiger partial charge in [0.25, 0.3) is 0 Å². The molecule has 40 heavy (non-hydrogen) atoms. The molecule has 6 rings (SSSR count). The van der Waals surface area contributed by atoms with E-state index in [0.717, 1.165) is 34.1 Å². The third-order valence-corrected chi connectivity index (χ3v) is 7.13. The maximum absolute atomic E-state index is 2.34. The zero-order valence-corrected chi connectivity index (χ0v) is 22.9. The molecule has 6 aromatic carbocycles. The molecule has 6 aromatic rings. The first-order valence-electron chi connectivity index (χ1n) is 13.7. The second-order valence-electron chi connectivity index (χ2n) is 10.1. The summed E-state index contributed by atoms with van der Waals surface area (Å²) in [4.78, 5) is 4.67. The lowest BCUT2D eigenvalue weighted by molar-refractivity contribution is 1.24. The molecule has 0 saturated heterocycles. The van der Waals surface area contributed by atoms with Crippen LogP contribution in [0.15, 0.2) is 158 Å². The lowest BCUT2D eigenvalue weighted by Crippen LogP contribution is -2.13. The lowest BCUT2D eigenvalue weighted by Gasteiger charge is -2.29. The van der Waals surface area contributed by atoms with Crippen molar-refractivity contribution in [2.24, 2.45) is 0 Å². The number of anilines is 6. The van der Waals surface area contributed by atoms with Crippen molar-refractivity contribution < 1.29 is 0 Å². The van der Waals surface area contributed by atoms with Crippen LogP contribution in [0.1, 0.15) is 11.1 Å². The predicted molar refractivity (Wildman–Crippen MR) is 171 cm³/mol. The standard InChI is InChI=1S/C38H32N2/c1-29-13-11-19-35(27-29)39(36-20-12-14-30(2)28-36)33-23-25-34(26-24-33)40(32-17-7-4-8-18-32)38-22-10-9-21-37(38)31-15-5-3-6-16-31/h3-28H,1-2H3. The van der Waals surface area contributed by atoms with Gasteiger partial charge in [0, 0.05) is 34.0 Å². The van der Waals surface area contributed by atoms with Crippen molar-refractivity contribution in [3.8, 4) is 11.1 Å². The van der Waals surface area contributed by atoms with Gasteiger partial charge in [0.05, 0.1) is 5.69 Å². The Labute approximate surface area is 237 Å². The van der Waals surface area contributed by atoms with Gasteiger partial charge in [-0.05, 0) is 97.3 Å². The van der Waals surface area contributed by atoms with E-state index in [1.54, 1.807) is 0 Å². The van der Waals surface area contributed by atoms with Crippen LogP contribution in [0.25, 0.3) is 11.1 Å². The average Bonchev–Trinajstić information content (AvgIpc) is 3.00. The minimum atomic E-state index is 1.10. The molecule has 0 atom stereocenters. The summed E-state index contributed by atoms with van der Waals surface area (Å²) in [5.41, 5.74) is 11.6. The molecule has 0 radical (unpaired) electrons. The van der Waals surface area contributed by atoms with Gasteiger partial charge in [-0.3, -0.25) is 0 Å². The van der Waals surface area contributed by atoms with Crippen molar-refractivity contribution in [3.05, 3.63) is 169 Å². The number of rotatable bonds is 7. The molecule has 194 valence electrons. The van der Waals surface area contributed by atoms with Gasteiger partial charge >= 0.3 is 0 Å². The molecule has 0 aliphatic heterocycles. The molecule has 0 bridgehead atoms. The van der Waals surface area contributed by atoms with Crippen LogP contribution >= 0.6 is 0 Å². The first-order valence-corrected chi connectivity index (χ1v) is 13.7. The molecule has 0 aromatic heterocycles. The number of hydrogen-bond acceptors (Lipinski definition) is 2. The number of para-hydroxylation sites is 2. The summed E-state index contributed by atoms with van der Waals surface area (Å²) in [6.07, 6.45) is 0. The van der Waals surface area contributed by atoms with Crippen molar-refractivity contribution in [1.29, 1.82) is 0 Å². The van der Waals surface area contributed by atoms with Crippen LogP contribution in [0.5, 0.6) is 0 Å². The first-order chi connectivity index (χ1) is 19.7. The summed E-state index contributed by atoms with van der Waals surface area (Å²) < 4.78 is 0. The molecule has 0 amide bonds. The summed E-state index contributed by atoms with van der Waals surface area (Å²) in [6.45, 7) is 4.28. The molecule has 2 heteroatoms. The first kappa shape index (κ1) is 25.2. The molecule has 0 saturated carbocycles. The monoisotopic (exact) mass is 516 g/mol. The zero-order chi connectivity index (χ0) is 27.3. The highest BCUT2D eigenvalue weighted by Gasteiger charge is 2.18. The van der Waals surface area contributed by atoms with Gasteiger partial charge in [-0.1, -0.05) is 91.0 Å². The molecule has 2 nitrogen and oxygen atoms in total. The van der Waals surface area contributed by atoms with Crippen LogP contribution in [0, 0.1) is 13.8 Å². The fraction of sp³-hybridized carbons (Fsp3) is 0.0526. The Morgan fingerprint density at radius 1 is 0.350 bits per heavy atom.